The van der Waals surface area contributed by atoms with Crippen LogP contribution in [-0.4, -0.2) is 11.0 Å². The predicted molar refractivity (Wildman–Crippen MR) is 16.4 cm³/mol. The molecule has 0 amide bonds. The Hall–Kier alpha value is 3.85. The number of rotatable bonds is 0. The smallest absolute Gasteiger partial charge is 0 e. The van der Waals surface area contributed by atoms with Crippen LogP contribution in [0.25, 0.3) is 0 Å². The average molecular weight is 401 g/mol. The van der Waals surface area contributed by atoms with E-state index in [1.807, 2.05) is 0 Å². The standard InChI is InChI=1S/CH3.Cr.Fe.Mn.Nd.H3Si.Ti/h1H3;;;;;1H3;/q-1;;;;;;. The zero-order valence-electron chi connectivity index (χ0n) is 4.14. The van der Waals surface area contributed by atoms with Gasteiger partial charge in [-0.3, -0.25) is 0 Å². The molecular formula is CH6CrFeMnNdSiTi-. The van der Waals surface area contributed by atoms with Crippen LogP contribution in [0.3, 0.4) is 0 Å². The Morgan fingerprint density at radius 2 is 1.00 bits per heavy atom. The monoisotopic (exact) mass is 399 g/mol. The molecule has 0 bridgehead atoms. The van der Waals surface area contributed by atoms with Gasteiger partial charge in [0, 0.05) is 114 Å². The molecule has 0 rings (SSSR count). The molecular weight excluding hydrogens is 395 g/mol. The van der Waals surface area contributed by atoms with Gasteiger partial charge in [-0.25, -0.2) is 0 Å². The Bertz CT molecular complexity index is 19.7. The summed E-state index contributed by atoms with van der Waals surface area (Å²) in [5.41, 5.74) is 0. The molecule has 0 aromatic heterocycles. The third-order valence-electron chi connectivity index (χ3n) is 0. The van der Waals surface area contributed by atoms with E-state index in [9.17, 15) is 0 Å². The van der Waals surface area contributed by atoms with Gasteiger partial charge in [0.05, 0.1) is 0 Å². The van der Waals surface area contributed by atoms with Crippen molar-refractivity contribution in [1.82, 2.24) is 0 Å². The molecule has 0 aromatic rings. The largest absolute Gasteiger partial charge is 0.358 e. The first kappa shape index (κ1) is 71.0. The van der Waals surface area contributed by atoms with Crippen molar-refractivity contribution >= 4 is 11.0 Å². The van der Waals surface area contributed by atoms with Gasteiger partial charge in [-0.05, 0) is 11.0 Å². The van der Waals surface area contributed by atoms with E-state index in [1.165, 1.54) is 0 Å². The molecule has 0 atom stereocenters. The molecule has 0 aliphatic carbocycles. The summed E-state index contributed by atoms with van der Waals surface area (Å²) in [5.74, 6) is 0. The molecule has 0 spiro atoms. The molecule has 0 nitrogen and oxygen atoms in total. The van der Waals surface area contributed by atoms with Crippen molar-refractivity contribution in [3.05, 3.63) is 7.43 Å². The van der Waals surface area contributed by atoms with E-state index in [4.69, 9.17) is 0 Å². The van der Waals surface area contributed by atoms with Crippen molar-refractivity contribution in [3.63, 3.8) is 0 Å². The van der Waals surface area contributed by atoms with E-state index in [0.717, 1.165) is 0 Å². The van der Waals surface area contributed by atoms with Crippen LogP contribution in [0.15, 0.2) is 0 Å². The van der Waals surface area contributed by atoms with Gasteiger partial charge in [-0.15, -0.1) is 0 Å². The van der Waals surface area contributed by atoms with Gasteiger partial charge < -0.3 is 7.43 Å². The van der Waals surface area contributed by atoms with Crippen LogP contribution in [0.1, 0.15) is 0 Å². The van der Waals surface area contributed by atoms with Crippen LogP contribution in [0.5, 0.6) is 0 Å². The molecule has 2 radical (unpaired) electrons. The quantitative estimate of drug-likeness (QED) is 0.371. The molecule has 0 aromatic carbocycles. The second-order valence-corrected chi connectivity index (χ2v) is 0. The minimum absolute atomic E-state index is 0. The molecule has 0 saturated heterocycles. The molecule has 0 aliphatic heterocycles. The average Bonchev–Trinajstić information content (AvgIpc) is 0. The summed E-state index contributed by atoms with van der Waals surface area (Å²) in [4.78, 5) is 0. The minimum Gasteiger partial charge on any atom is -0.358 e. The maximum atomic E-state index is 0. The second-order valence-electron chi connectivity index (χ2n) is 0. The third kappa shape index (κ3) is 40.9. The third-order valence-corrected chi connectivity index (χ3v) is 0. The topological polar surface area (TPSA) is 0 Å². The summed E-state index contributed by atoms with van der Waals surface area (Å²) in [7, 11) is 0. The minimum atomic E-state index is 0. The Morgan fingerprint density at radius 1 is 1.00 bits per heavy atom. The van der Waals surface area contributed by atoms with E-state index < -0.39 is 0 Å². The molecule has 0 saturated carbocycles. The van der Waals surface area contributed by atoms with E-state index in [1.54, 1.807) is 0 Å². The van der Waals surface area contributed by atoms with Crippen LogP contribution in [-0.2, 0) is 73.2 Å². The molecule has 0 heterocycles. The first-order valence-electron chi connectivity index (χ1n) is 0. The van der Waals surface area contributed by atoms with Crippen molar-refractivity contribution in [2.24, 2.45) is 0 Å². The summed E-state index contributed by atoms with van der Waals surface area (Å²) in [6, 6.07) is 0. The van der Waals surface area contributed by atoms with Crippen LogP contribution in [0, 0.1) is 48.3 Å². The first-order chi connectivity index (χ1) is 0. The fraction of sp³-hybridized carbons (Fsp3) is 0. The zero-order chi connectivity index (χ0) is 0. The summed E-state index contributed by atoms with van der Waals surface area (Å²) >= 11 is 0. The number of hydrogen-bond acceptors (Lipinski definition) is 0. The molecule has 0 fully saturated rings. The van der Waals surface area contributed by atoms with Gasteiger partial charge >= 0.3 is 0 Å². The van der Waals surface area contributed by atoms with Gasteiger partial charge in [-0.2, -0.15) is 0 Å². The molecule has 6 heteroatoms. The maximum Gasteiger partial charge on any atom is 0 e. The van der Waals surface area contributed by atoms with Crippen molar-refractivity contribution in [2.45, 2.75) is 0 Å². The Kier molecular flexibility index (Phi) is 527. The Balaban J connectivity index is 0. The molecule has 0 aliphatic rings. The fourth-order valence-electron chi connectivity index (χ4n) is 0. The maximum absolute atomic E-state index is 0. The SMILES string of the molecule is [CH3-].[Cr].[Fe].[Mn].[Nd].[SiH3].[Ti]. The fourth-order valence-corrected chi connectivity index (χ4v) is 0. The van der Waals surface area contributed by atoms with Gasteiger partial charge in [-0.1, -0.05) is 0 Å². The van der Waals surface area contributed by atoms with Crippen LogP contribution >= 0.6 is 0 Å². The van der Waals surface area contributed by atoms with Crippen molar-refractivity contribution in [3.8, 4) is 0 Å². The summed E-state index contributed by atoms with van der Waals surface area (Å²) in [5, 5.41) is 0. The summed E-state index contributed by atoms with van der Waals surface area (Å²) in [6.07, 6.45) is 0. The van der Waals surface area contributed by atoms with Crippen LogP contribution in [0.4, 0.5) is 0 Å². The van der Waals surface area contributed by atoms with Gasteiger partial charge in [0.1, 0.15) is 0 Å². The Labute approximate surface area is 130 Å². The van der Waals surface area contributed by atoms with Crippen LogP contribution < -0.4 is 0 Å². The molecule has 0 N–H and O–H groups in total. The van der Waals surface area contributed by atoms with E-state index in [-0.39, 0.29) is 132 Å². The van der Waals surface area contributed by atoms with E-state index in [0.29, 0.717) is 0 Å². The van der Waals surface area contributed by atoms with E-state index in [2.05, 4.69) is 0 Å². The molecule has 7 heavy (non-hydrogen) atoms. The molecule has 0 unspecified atom stereocenters. The van der Waals surface area contributed by atoms with Gasteiger partial charge in [0.2, 0.25) is 0 Å². The second kappa shape index (κ2) is 52.0. The van der Waals surface area contributed by atoms with Crippen molar-refractivity contribution in [1.29, 1.82) is 0 Å². The van der Waals surface area contributed by atoms with Crippen molar-refractivity contribution < 1.29 is 114 Å². The summed E-state index contributed by atoms with van der Waals surface area (Å²) in [6.45, 7) is 0. The van der Waals surface area contributed by atoms with E-state index >= 15 is 0 Å². The predicted octanol–water partition coefficient (Wildman–Crippen LogP) is -0.744. The summed E-state index contributed by atoms with van der Waals surface area (Å²) < 4.78 is 0. The van der Waals surface area contributed by atoms with Crippen molar-refractivity contribution in [2.75, 3.05) is 0 Å². The normalized spacial score (nSPS) is 0. The Morgan fingerprint density at radius 3 is 1.00 bits per heavy atom. The van der Waals surface area contributed by atoms with Crippen LogP contribution in [0.2, 0.25) is 0 Å². The zero-order valence-corrected chi connectivity index (χ0v) is 14.5. The molecule has 44 valence electrons. The van der Waals surface area contributed by atoms with Gasteiger partial charge in [0.25, 0.3) is 0 Å². The number of hydrogen-bond donors (Lipinski definition) is 0. The first-order valence-corrected chi connectivity index (χ1v) is 0. The van der Waals surface area contributed by atoms with Gasteiger partial charge in [0.15, 0.2) is 0 Å².